The lowest BCUT2D eigenvalue weighted by molar-refractivity contribution is 0.223. The van der Waals surface area contributed by atoms with Gasteiger partial charge in [0.1, 0.15) is 5.76 Å². The number of nitrogens with one attached hydrogen (secondary N) is 1. The molecule has 2 unspecified atom stereocenters. The van der Waals surface area contributed by atoms with Gasteiger partial charge in [-0.3, -0.25) is 0 Å². The van der Waals surface area contributed by atoms with Gasteiger partial charge < -0.3 is 9.52 Å². The van der Waals surface area contributed by atoms with Gasteiger partial charge in [-0.15, -0.1) is 0 Å². The third-order valence-electron chi connectivity index (χ3n) is 4.39. The summed E-state index contributed by atoms with van der Waals surface area (Å²) in [7, 11) is -3.77. The third kappa shape index (κ3) is 5.84. The lowest BCUT2D eigenvalue weighted by atomic mass is 9.92. The first-order valence-corrected chi connectivity index (χ1v) is 10.8. The van der Waals surface area contributed by atoms with Gasteiger partial charge in [-0.05, 0) is 42.8 Å². The molecule has 2 aromatic rings. The number of hydrogen-bond acceptors (Lipinski definition) is 4. The highest BCUT2D eigenvalue weighted by Crippen LogP contribution is 2.28. The van der Waals surface area contributed by atoms with Crippen molar-refractivity contribution in [3.8, 4) is 0 Å². The molecule has 0 radical (unpaired) electrons. The first-order valence-electron chi connectivity index (χ1n) is 8.90. The van der Waals surface area contributed by atoms with Gasteiger partial charge in [0.25, 0.3) is 0 Å². The van der Waals surface area contributed by atoms with E-state index in [1.165, 1.54) is 24.3 Å². The van der Waals surface area contributed by atoms with E-state index in [-0.39, 0.29) is 17.4 Å². The van der Waals surface area contributed by atoms with Crippen molar-refractivity contribution in [2.24, 2.45) is 0 Å². The van der Waals surface area contributed by atoms with Crippen LogP contribution in [0.15, 0.2) is 52.0 Å². The van der Waals surface area contributed by atoms with E-state index in [1.54, 1.807) is 12.3 Å². The number of benzene rings is 1. The average Bonchev–Trinajstić information content (AvgIpc) is 3.15. The third-order valence-corrected chi connectivity index (χ3v) is 6.15. The SMILES string of the molecule is CCCCCCC(c1ccco1)C(CO)NS(=O)(=O)c1ccc(Cl)cc1. The van der Waals surface area contributed by atoms with E-state index in [1.807, 2.05) is 6.07 Å². The van der Waals surface area contributed by atoms with Crippen LogP contribution in [0.2, 0.25) is 5.02 Å². The van der Waals surface area contributed by atoms with Crippen LogP contribution < -0.4 is 4.72 Å². The molecule has 2 N–H and O–H groups in total. The van der Waals surface area contributed by atoms with Gasteiger partial charge in [-0.1, -0.05) is 44.2 Å². The molecule has 26 heavy (non-hydrogen) atoms. The Balaban J connectivity index is 2.16. The molecular weight excluding hydrogens is 374 g/mol. The molecule has 2 atom stereocenters. The van der Waals surface area contributed by atoms with Gasteiger partial charge in [0.15, 0.2) is 0 Å². The van der Waals surface area contributed by atoms with Crippen LogP contribution in [0, 0.1) is 0 Å². The maximum atomic E-state index is 12.7. The normalized spacial score (nSPS) is 14.3. The summed E-state index contributed by atoms with van der Waals surface area (Å²) < 4.78 is 33.5. The van der Waals surface area contributed by atoms with E-state index >= 15 is 0 Å². The molecule has 0 saturated heterocycles. The molecule has 5 nitrogen and oxygen atoms in total. The van der Waals surface area contributed by atoms with Crippen molar-refractivity contribution < 1.29 is 17.9 Å². The molecule has 0 amide bonds. The van der Waals surface area contributed by atoms with Crippen molar-refractivity contribution in [2.75, 3.05) is 6.61 Å². The van der Waals surface area contributed by atoms with Crippen molar-refractivity contribution in [3.05, 3.63) is 53.4 Å². The van der Waals surface area contributed by atoms with E-state index < -0.39 is 16.1 Å². The summed E-state index contributed by atoms with van der Waals surface area (Å²) in [6.45, 7) is 1.83. The summed E-state index contributed by atoms with van der Waals surface area (Å²) in [4.78, 5) is 0.115. The molecule has 0 aliphatic carbocycles. The Kier molecular flexibility index (Phi) is 8.15. The Hall–Kier alpha value is -1.34. The van der Waals surface area contributed by atoms with Crippen molar-refractivity contribution >= 4 is 21.6 Å². The Morgan fingerprint density at radius 3 is 2.46 bits per heavy atom. The largest absolute Gasteiger partial charge is 0.469 e. The predicted molar refractivity (Wildman–Crippen MR) is 103 cm³/mol. The zero-order chi connectivity index (χ0) is 19.0. The van der Waals surface area contributed by atoms with Gasteiger partial charge >= 0.3 is 0 Å². The van der Waals surface area contributed by atoms with Gasteiger partial charge in [0, 0.05) is 10.9 Å². The number of unbranched alkanes of at least 4 members (excludes halogenated alkanes) is 3. The summed E-state index contributed by atoms with van der Waals surface area (Å²) >= 11 is 5.83. The Morgan fingerprint density at radius 2 is 1.88 bits per heavy atom. The van der Waals surface area contributed by atoms with Crippen LogP contribution in [0.25, 0.3) is 0 Å². The van der Waals surface area contributed by atoms with Crippen LogP contribution in [-0.4, -0.2) is 26.2 Å². The molecule has 0 spiro atoms. The number of halogens is 1. The van der Waals surface area contributed by atoms with E-state index in [9.17, 15) is 13.5 Å². The molecular formula is C19H26ClNO4S. The quantitative estimate of drug-likeness (QED) is 0.551. The van der Waals surface area contributed by atoms with E-state index in [0.717, 1.165) is 32.1 Å². The van der Waals surface area contributed by atoms with Crippen LogP contribution in [0.4, 0.5) is 0 Å². The minimum absolute atomic E-state index is 0.115. The predicted octanol–water partition coefficient (Wildman–Crippen LogP) is 4.33. The summed E-state index contributed by atoms with van der Waals surface area (Å²) in [5.41, 5.74) is 0. The van der Waals surface area contributed by atoms with E-state index in [2.05, 4.69) is 11.6 Å². The lowest BCUT2D eigenvalue weighted by Gasteiger charge is -2.25. The number of furan rings is 1. The second-order valence-corrected chi connectivity index (χ2v) is 8.49. The van der Waals surface area contributed by atoms with Crippen LogP contribution in [0.3, 0.4) is 0 Å². The molecule has 2 rings (SSSR count). The minimum Gasteiger partial charge on any atom is -0.469 e. The molecule has 0 aliphatic heterocycles. The number of aliphatic hydroxyl groups excluding tert-OH is 1. The van der Waals surface area contributed by atoms with Crippen LogP contribution >= 0.6 is 11.6 Å². The lowest BCUT2D eigenvalue weighted by Crippen LogP contribution is -2.41. The van der Waals surface area contributed by atoms with E-state index in [4.69, 9.17) is 16.0 Å². The van der Waals surface area contributed by atoms with Crippen molar-refractivity contribution in [1.82, 2.24) is 4.72 Å². The second-order valence-electron chi connectivity index (χ2n) is 6.34. The number of sulfonamides is 1. The Bertz CT molecular complexity index is 744. The van der Waals surface area contributed by atoms with E-state index in [0.29, 0.717) is 10.8 Å². The topological polar surface area (TPSA) is 79.5 Å². The Labute approximate surface area is 160 Å². The monoisotopic (exact) mass is 399 g/mol. The van der Waals surface area contributed by atoms with Crippen LogP contribution in [0.1, 0.15) is 50.7 Å². The second kappa shape index (κ2) is 10.1. The van der Waals surface area contributed by atoms with Crippen molar-refractivity contribution in [1.29, 1.82) is 0 Å². The summed E-state index contributed by atoms with van der Waals surface area (Å²) in [6.07, 6.45) is 6.57. The van der Waals surface area contributed by atoms with Gasteiger partial charge in [0.2, 0.25) is 10.0 Å². The van der Waals surface area contributed by atoms with Crippen LogP contribution in [-0.2, 0) is 10.0 Å². The van der Waals surface area contributed by atoms with Crippen molar-refractivity contribution in [2.45, 2.75) is 55.9 Å². The number of rotatable bonds is 11. The standard InChI is InChI=1S/C19H26ClNO4S/c1-2-3-4-5-7-17(19-8-6-13-25-19)18(14-22)21-26(23,24)16-11-9-15(20)10-12-16/h6,8-13,17-18,21-22H,2-5,7,14H2,1H3. The van der Waals surface area contributed by atoms with Gasteiger partial charge in [-0.25, -0.2) is 13.1 Å². The maximum Gasteiger partial charge on any atom is 0.240 e. The van der Waals surface area contributed by atoms with Gasteiger partial charge in [-0.2, -0.15) is 0 Å². The summed E-state index contributed by atoms with van der Waals surface area (Å²) in [5, 5.41) is 10.3. The molecule has 7 heteroatoms. The number of hydrogen-bond donors (Lipinski definition) is 2. The summed E-state index contributed by atoms with van der Waals surface area (Å²) in [6, 6.07) is 8.88. The number of aliphatic hydroxyl groups is 1. The molecule has 1 heterocycles. The minimum atomic E-state index is -3.77. The van der Waals surface area contributed by atoms with Crippen molar-refractivity contribution in [3.63, 3.8) is 0 Å². The Morgan fingerprint density at radius 1 is 1.15 bits per heavy atom. The smallest absolute Gasteiger partial charge is 0.240 e. The molecule has 0 aliphatic rings. The fraction of sp³-hybridized carbons (Fsp3) is 0.474. The maximum absolute atomic E-state index is 12.7. The molecule has 0 bridgehead atoms. The highest BCUT2D eigenvalue weighted by Gasteiger charge is 2.29. The molecule has 0 fully saturated rings. The van der Waals surface area contributed by atoms with Crippen LogP contribution in [0.5, 0.6) is 0 Å². The highest BCUT2D eigenvalue weighted by atomic mass is 35.5. The first kappa shape index (κ1) is 21.0. The molecule has 0 saturated carbocycles. The molecule has 144 valence electrons. The molecule has 1 aromatic carbocycles. The fourth-order valence-corrected chi connectivity index (χ4v) is 4.36. The zero-order valence-corrected chi connectivity index (χ0v) is 16.5. The summed E-state index contributed by atoms with van der Waals surface area (Å²) in [5.74, 6) is 0.452. The fourth-order valence-electron chi connectivity index (χ4n) is 2.96. The first-order chi connectivity index (χ1) is 12.5. The molecule has 1 aromatic heterocycles. The van der Waals surface area contributed by atoms with Gasteiger partial charge in [0.05, 0.1) is 23.8 Å². The average molecular weight is 400 g/mol. The highest BCUT2D eigenvalue weighted by molar-refractivity contribution is 7.89. The zero-order valence-electron chi connectivity index (χ0n) is 14.9.